The Morgan fingerprint density at radius 1 is 1.35 bits per heavy atom. The number of halogens is 2. The molecule has 0 spiro atoms. The van der Waals surface area contributed by atoms with Crippen LogP contribution in [0.3, 0.4) is 0 Å². The van der Waals surface area contributed by atoms with Crippen LogP contribution in [0, 0.1) is 23.0 Å². The molecule has 1 aromatic carbocycles. The number of aliphatic hydroxyl groups is 1. The van der Waals surface area contributed by atoms with E-state index in [4.69, 9.17) is 9.52 Å². The van der Waals surface area contributed by atoms with Gasteiger partial charge in [-0.3, -0.25) is 0 Å². The van der Waals surface area contributed by atoms with Gasteiger partial charge in [-0.25, -0.2) is 13.8 Å². The molecule has 0 saturated carbocycles. The Kier molecular flexibility index (Phi) is 4.43. The lowest BCUT2D eigenvalue weighted by molar-refractivity contribution is 0.262. The van der Waals surface area contributed by atoms with Crippen LogP contribution in [0.1, 0.15) is 29.6 Å². The van der Waals surface area contributed by atoms with Gasteiger partial charge in [-0.2, -0.15) is 5.26 Å². The maximum atomic E-state index is 13.3. The van der Waals surface area contributed by atoms with E-state index >= 15 is 0 Å². The van der Waals surface area contributed by atoms with E-state index in [2.05, 4.69) is 11.1 Å². The molecule has 0 aliphatic heterocycles. The third kappa shape index (κ3) is 2.83. The molecule has 4 nitrogen and oxygen atoms in total. The molecule has 0 aliphatic carbocycles. The molecule has 0 aliphatic rings. The lowest BCUT2D eigenvalue weighted by atomic mass is 9.83. The van der Waals surface area contributed by atoms with Gasteiger partial charge in [-0.15, -0.1) is 0 Å². The highest BCUT2D eigenvalue weighted by Crippen LogP contribution is 2.35. The first-order valence-electron chi connectivity index (χ1n) is 6.01. The Hall–Kier alpha value is -2.26. The number of hydrogen-bond acceptors (Lipinski definition) is 4. The molecule has 0 radical (unpaired) electrons. The summed E-state index contributed by atoms with van der Waals surface area (Å²) in [4.78, 5) is 3.78. The molecule has 2 aromatic rings. The summed E-state index contributed by atoms with van der Waals surface area (Å²) in [6, 6.07) is 5.37. The lowest BCUT2D eigenvalue weighted by Crippen LogP contribution is -2.12. The summed E-state index contributed by atoms with van der Waals surface area (Å²) in [5, 5.41) is 18.4. The highest BCUT2D eigenvalue weighted by atomic mass is 19.2. The first-order chi connectivity index (χ1) is 9.67. The minimum absolute atomic E-state index is 0.160. The fourth-order valence-corrected chi connectivity index (χ4v) is 2.12. The summed E-state index contributed by atoms with van der Waals surface area (Å²) in [5.74, 6) is -2.79. The maximum absolute atomic E-state index is 13.3. The summed E-state index contributed by atoms with van der Waals surface area (Å²) in [7, 11) is 0. The monoisotopic (exact) mass is 278 g/mol. The molecule has 2 atom stereocenters. The molecular weight excluding hydrogens is 266 g/mol. The first-order valence-corrected chi connectivity index (χ1v) is 6.01. The highest BCUT2D eigenvalue weighted by Gasteiger charge is 2.27. The fraction of sp³-hybridized carbons (Fsp3) is 0.286. The van der Waals surface area contributed by atoms with Crippen molar-refractivity contribution < 1.29 is 18.3 Å². The van der Waals surface area contributed by atoms with Crippen LogP contribution in [0.5, 0.6) is 0 Å². The molecule has 2 rings (SSSR count). The smallest absolute Gasteiger partial charge is 0.180 e. The Labute approximate surface area is 114 Å². The maximum Gasteiger partial charge on any atom is 0.180 e. The van der Waals surface area contributed by atoms with Crippen molar-refractivity contribution in [3.8, 4) is 6.07 Å². The molecule has 0 saturated heterocycles. The van der Waals surface area contributed by atoms with Crippen LogP contribution < -0.4 is 0 Å². The van der Waals surface area contributed by atoms with Gasteiger partial charge in [0.15, 0.2) is 18.0 Å². The van der Waals surface area contributed by atoms with Gasteiger partial charge >= 0.3 is 0 Å². The first kappa shape index (κ1) is 14.2. The molecule has 1 N–H and O–H groups in total. The zero-order valence-electron chi connectivity index (χ0n) is 10.5. The summed E-state index contributed by atoms with van der Waals surface area (Å²) in [6.45, 7) is -0.160. The van der Waals surface area contributed by atoms with Crippen LogP contribution >= 0.6 is 0 Å². The number of rotatable bonds is 5. The van der Waals surface area contributed by atoms with Gasteiger partial charge in [0.05, 0.1) is 18.2 Å². The molecule has 1 aromatic heterocycles. The van der Waals surface area contributed by atoms with E-state index in [-0.39, 0.29) is 13.0 Å². The molecule has 0 bridgehead atoms. The van der Waals surface area contributed by atoms with Crippen LogP contribution in [0.25, 0.3) is 0 Å². The van der Waals surface area contributed by atoms with Crippen molar-refractivity contribution in [1.29, 1.82) is 5.26 Å². The van der Waals surface area contributed by atoms with Gasteiger partial charge in [-0.05, 0) is 24.1 Å². The van der Waals surface area contributed by atoms with Gasteiger partial charge in [-0.1, -0.05) is 6.07 Å². The van der Waals surface area contributed by atoms with Crippen LogP contribution in [0.4, 0.5) is 8.78 Å². The van der Waals surface area contributed by atoms with E-state index in [1.165, 1.54) is 18.7 Å². The minimum Gasteiger partial charge on any atom is -0.448 e. The Bertz CT molecular complexity index is 608. The lowest BCUT2D eigenvalue weighted by Gasteiger charge is -2.19. The third-order valence-corrected chi connectivity index (χ3v) is 3.10. The number of benzene rings is 1. The predicted octanol–water partition coefficient (Wildman–Crippen LogP) is 2.73. The third-order valence-electron chi connectivity index (χ3n) is 3.10. The number of nitriles is 1. The zero-order chi connectivity index (χ0) is 14.5. The van der Waals surface area contributed by atoms with Crippen LogP contribution in [0.15, 0.2) is 35.2 Å². The Morgan fingerprint density at radius 3 is 2.70 bits per heavy atom. The van der Waals surface area contributed by atoms with Crippen molar-refractivity contribution >= 4 is 0 Å². The zero-order valence-corrected chi connectivity index (χ0v) is 10.5. The van der Waals surface area contributed by atoms with E-state index in [1.807, 2.05) is 0 Å². The Morgan fingerprint density at radius 2 is 2.15 bits per heavy atom. The van der Waals surface area contributed by atoms with Crippen LogP contribution in [-0.4, -0.2) is 16.7 Å². The van der Waals surface area contributed by atoms with Gasteiger partial charge in [0.1, 0.15) is 5.76 Å². The molecule has 0 unspecified atom stereocenters. The van der Waals surface area contributed by atoms with Crippen molar-refractivity contribution in [2.75, 3.05) is 6.61 Å². The highest BCUT2D eigenvalue weighted by molar-refractivity contribution is 5.30. The van der Waals surface area contributed by atoms with Crippen LogP contribution in [0.2, 0.25) is 0 Å². The fourth-order valence-electron chi connectivity index (χ4n) is 2.12. The standard InChI is InChI=1S/C14H12F2N2O2/c15-12-2-1-9(5-13(12)16)11(6-17)10(3-4-19)14-7-18-8-20-14/h1-2,5,7-8,10-11,19H,3-4H2/t10-,11-/m0/s1. The molecule has 0 fully saturated rings. The quantitative estimate of drug-likeness (QED) is 0.912. The molecule has 1 heterocycles. The number of aromatic nitrogens is 1. The normalized spacial score (nSPS) is 13.7. The largest absolute Gasteiger partial charge is 0.448 e. The molecule has 0 amide bonds. The second-order valence-electron chi connectivity index (χ2n) is 4.30. The summed E-state index contributed by atoms with van der Waals surface area (Å²) < 4.78 is 31.4. The second-order valence-corrected chi connectivity index (χ2v) is 4.30. The second kappa shape index (κ2) is 6.26. The summed E-state index contributed by atoms with van der Waals surface area (Å²) in [6.07, 6.45) is 2.93. The number of hydrogen-bond donors (Lipinski definition) is 1. The average molecular weight is 278 g/mol. The van der Waals surface area contributed by atoms with Crippen LogP contribution in [-0.2, 0) is 0 Å². The number of aliphatic hydroxyl groups excluding tert-OH is 1. The molecule has 104 valence electrons. The SMILES string of the molecule is N#C[C@@H](c1ccc(F)c(F)c1)[C@H](CCO)c1cnco1. The van der Waals surface area contributed by atoms with Crippen molar-refractivity contribution in [3.63, 3.8) is 0 Å². The van der Waals surface area contributed by atoms with E-state index in [0.29, 0.717) is 11.3 Å². The minimum atomic E-state index is -1.01. The number of oxazole rings is 1. The van der Waals surface area contributed by atoms with Crippen molar-refractivity contribution in [2.24, 2.45) is 0 Å². The van der Waals surface area contributed by atoms with E-state index < -0.39 is 23.5 Å². The van der Waals surface area contributed by atoms with Gasteiger partial charge in [0.25, 0.3) is 0 Å². The van der Waals surface area contributed by atoms with Gasteiger partial charge in [0, 0.05) is 12.5 Å². The Balaban J connectivity index is 2.38. The average Bonchev–Trinajstić information content (AvgIpc) is 2.96. The molecule has 20 heavy (non-hydrogen) atoms. The van der Waals surface area contributed by atoms with Crippen molar-refractivity contribution in [3.05, 3.63) is 53.7 Å². The number of nitrogens with zero attached hydrogens (tertiary/aromatic N) is 2. The van der Waals surface area contributed by atoms with Gasteiger partial charge in [0.2, 0.25) is 0 Å². The predicted molar refractivity (Wildman–Crippen MR) is 65.7 cm³/mol. The van der Waals surface area contributed by atoms with Gasteiger partial charge < -0.3 is 9.52 Å². The summed E-state index contributed by atoms with van der Waals surface area (Å²) >= 11 is 0. The van der Waals surface area contributed by atoms with E-state index in [0.717, 1.165) is 12.1 Å². The molecular formula is C14H12F2N2O2. The topological polar surface area (TPSA) is 70.0 Å². The molecule has 6 heteroatoms. The van der Waals surface area contributed by atoms with Crippen molar-refractivity contribution in [1.82, 2.24) is 4.98 Å². The van der Waals surface area contributed by atoms with E-state index in [9.17, 15) is 14.0 Å². The van der Waals surface area contributed by atoms with E-state index in [1.54, 1.807) is 0 Å². The van der Waals surface area contributed by atoms with Crippen molar-refractivity contribution in [2.45, 2.75) is 18.3 Å². The summed E-state index contributed by atoms with van der Waals surface area (Å²) in [5.41, 5.74) is 0.334.